The zero-order valence-corrected chi connectivity index (χ0v) is 18.0. The smallest absolute Gasteiger partial charge is 0.238 e. The molecular weight excluding hydrogens is 400 g/mol. The molecule has 0 unspecified atom stereocenters. The molecule has 0 saturated carbocycles. The van der Waals surface area contributed by atoms with Crippen LogP contribution in [0.15, 0.2) is 52.4 Å². The first kappa shape index (κ1) is 18.6. The van der Waals surface area contributed by atoms with Crippen molar-refractivity contribution >= 4 is 39.2 Å². The molecular formula is C22H22N4OS2. The highest BCUT2D eigenvalue weighted by molar-refractivity contribution is 7.99. The van der Waals surface area contributed by atoms with Gasteiger partial charge in [-0.05, 0) is 38.2 Å². The first-order chi connectivity index (χ1) is 14.1. The van der Waals surface area contributed by atoms with Crippen molar-refractivity contribution < 1.29 is 0 Å². The minimum Gasteiger partial charge on any atom is -0.300 e. The minimum atomic E-state index is 0.172. The predicted octanol–water partition coefficient (Wildman–Crippen LogP) is 4.70. The summed E-state index contributed by atoms with van der Waals surface area (Å²) >= 11 is 3.37. The lowest BCUT2D eigenvalue weighted by Crippen LogP contribution is -2.18. The molecule has 0 saturated heterocycles. The second-order valence-corrected chi connectivity index (χ2v) is 9.66. The van der Waals surface area contributed by atoms with E-state index in [1.165, 1.54) is 4.88 Å². The second-order valence-electron chi connectivity index (χ2n) is 7.63. The van der Waals surface area contributed by atoms with Gasteiger partial charge >= 0.3 is 0 Å². The van der Waals surface area contributed by atoms with Crippen molar-refractivity contribution in [3.63, 3.8) is 0 Å². The van der Waals surface area contributed by atoms with Crippen LogP contribution in [0, 0.1) is 0 Å². The molecule has 3 aromatic heterocycles. The van der Waals surface area contributed by atoms with Gasteiger partial charge in [-0.25, -0.2) is 4.40 Å². The van der Waals surface area contributed by atoms with E-state index < -0.39 is 0 Å². The summed E-state index contributed by atoms with van der Waals surface area (Å²) in [6.45, 7) is 6.62. The fourth-order valence-electron chi connectivity index (χ4n) is 3.94. The number of fused-ring (bicyclic) bond motifs is 4. The summed E-state index contributed by atoms with van der Waals surface area (Å²) in [6, 6.07) is 10.2. The van der Waals surface area contributed by atoms with E-state index in [1.807, 2.05) is 25.1 Å². The summed E-state index contributed by atoms with van der Waals surface area (Å²) < 4.78 is 4.13. The maximum absolute atomic E-state index is 13.5. The molecule has 0 aliphatic heterocycles. The highest BCUT2D eigenvalue weighted by atomic mass is 32.2. The molecule has 3 heterocycles. The highest BCUT2D eigenvalue weighted by Gasteiger charge is 2.24. The van der Waals surface area contributed by atoms with E-state index in [0.29, 0.717) is 6.54 Å². The number of hydrogen-bond acceptors (Lipinski definition) is 5. The van der Waals surface area contributed by atoms with Gasteiger partial charge in [0, 0.05) is 16.2 Å². The topological polar surface area (TPSA) is 52.2 Å². The van der Waals surface area contributed by atoms with Crippen LogP contribution < -0.4 is 5.43 Å². The lowest BCUT2D eigenvalue weighted by Gasteiger charge is -2.14. The third-order valence-corrected chi connectivity index (χ3v) is 7.72. The number of aryl methyl sites for hydroxylation is 1. The molecule has 7 heteroatoms. The molecule has 1 aliphatic carbocycles. The van der Waals surface area contributed by atoms with E-state index in [9.17, 15) is 4.79 Å². The molecule has 29 heavy (non-hydrogen) atoms. The number of imidazole rings is 1. The van der Waals surface area contributed by atoms with Crippen molar-refractivity contribution in [1.29, 1.82) is 0 Å². The zero-order valence-electron chi connectivity index (χ0n) is 16.4. The standard InChI is InChI=1S/C22H22N4OS2/c1-14(2)13-28-22-24-23-21-25(12-15-8-4-3-5-9-15)18-19(27)16-10-6-7-11-17(16)29-20(18)26(21)22/h3-5,8-9H,1,6-7,10-13H2,2H3. The van der Waals surface area contributed by atoms with Crippen LogP contribution in [0.3, 0.4) is 0 Å². The average molecular weight is 423 g/mol. The predicted molar refractivity (Wildman–Crippen MR) is 120 cm³/mol. The van der Waals surface area contributed by atoms with Crippen molar-refractivity contribution in [1.82, 2.24) is 19.2 Å². The molecule has 0 fully saturated rings. The summed E-state index contributed by atoms with van der Waals surface area (Å²) in [6.07, 6.45) is 4.13. The van der Waals surface area contributed by atoms with Gasteiger partial charge < -0.3 is 0 Å². The minimum absolute atomic E-state index is 0.172. The van der Waals surface area contributed by atoms with Gasteiger partial charge in [0.25, 0.3) is 0 Å². The van der Waals surface area contributed by atoms with Crippen LogP contribution in [-0.4, -0.2) is 24.9 Å². The molecule has 148 valence electrons. The summed E-state index contributed by atoms with van der Waals surface area (Å²) in [7, 11) is 0. The molecule has 5 rings (SSSR count). The fourth-order valence-corrected chi connectivity index (χ4v) is 6.13. The maximum atomic E-state index is 13.5. The van der Waals surface area contributed by atoms with Crippen molar-refractivity contribution in [2.75, 3.05) is 5.75 Å². The van der Waals surface area contributed by atoms with Crippen molar-refractivity contribution in [2.24, 2.45) is 0 Å². The summed E-state index contributed by atoms with van der Waals surface area (Å²) in [5.74, 6) is 1.52. The van der Waals surface area contributed by atoms with Crippen LogP contribution in [-0.2, 0) is 19.4 Å². The molecule has 0 bridgehead atoms. The first-order valence-electron chi connectivity index (χ1n) is 9.87. The summed E-state index contributed by atoms with van der Waals surface area (Å²) in [5.41, 5.74) is 4.18. The Morgan fingerprint density at radius 2 is 2.00 bits per heavy atom. The van der Waals surface area contributed by atoms with Gasteiger partial charge in [-0.2, -0.15) is 0 Å². The van der Waals surface area contributed by atoms with E-state index in [0.717, 1.165) is 69.4 Å². The van der Waals surface area contributed by atoms with Gasteiger partial charge in [-0.1, -0.05) is 54.2 Å². The molecule has 0 atom stereocenters. The lowest BCUT2D eigenvalue weighted by molar-refractivity contribution is 0.691. The van der Waals surface area contributed by atoms with E-state index in [2.05, 4.69) is 37.9 Å². The Morgan fingerprint density at radius 3 is 2.79 bits per heavy atom. The number of thioether (sulfide) groups is 1. The van der Waals surface area contributed by atoms with Crippen LogP contribution in [0.5, 0.6) is 0 Å². The van der Waals surface area contributed by atoms with E-state index >= 15 is 0 Å². The number of hydrogen-bond donors (Lipinski definition) is 0. The monoisotopic (exact) mass is 422 g/mol. The third-order valence-electron chi connectivity index (χ3n) is 5.29. The summed E-state index contributed by atoms with van der Waals surface area (Å²) in [5, 5.41) is 9.76. The van der Waals surface area contributed by atoms with Gasteiger partial charge in [0.2, 0.25) is 11.2 Å². The second kappa shape index (κ2) is 7.46. The Hall–Kier alpha value is -2.38. The molecule has 0 radical (unpaired) electrons. The van der Waals surface area contributed by atoms with Gasteiger partial charge in [-0.3, -0.25) is 9.36 Å². The maximum Gasteiger partial charge on any atom is 0.238 e. The number of rotatable bonds is 5. The number of aromatic nitrogens is 4. The molecule has 0 spiro atoms. The fraction of sp³-hybridized carbons (Fsp3) is 0.318. The Bertz CT molecular complexity index is 1280. The van der Waals surface area contributed by atoms with Gasteiger partial charge in [-0.15, -0.1) is 21.5 Å². The Morgan fingerprint density at radius 1 is 1.21 bits per heavy atom. The highest BCUT2D eigenvalue weighted by Crippen LogP contribution is 2.33. The van der Waals surface area contributed by atoms with Crippen LogP contribution in [0.2, 0.25) is 0 Å². The number of benzene rings is 1. The Kier molecular flexibility index (Phi) is 4.80. The third kappa shape index (κ3) is 3.22. The van der Waals surface area contributed by atoms with E-state index in [-0.39, 0.29) is 5.43 Å². The molecule has 0 amide bonds. The largest absolute Gasteiger partial charge is 0.300 e. The molecule has 1 aliphatic rings. The van der Waals surface area contributed by atoms with Gasteiger partial charge in [0.05, 0.1) is 6.54 Å². The van der Waals surface area contributed by atoms with E-state index in [1.54, 1.807) is 23.1 Å². The normalized spacial score (nSPS) is 13.8. The Balaban J connectivity index is 1.78. The van der Waals surface area contributed by atoms with Gasteiger partial charge in [0.1, 0.15) is 10.3 Å². The van der Waals surface area contributed by atoms with Crippen molar-refractivity contribution in [3.05, 3.63) is 68.7 Å². The van der Waals surface area contributed by atoms with Crippen LogP contribution in [0.25, 0.3) is 16.1 Å². The van der Waals surface area contributed by atoms with E-state index in [4.69, 9.17) is 0 Å². The quantitative estimate of drug-likeness (QED) is 0.345. The Labute approximate surface area is 177 Å². The molecule has 4 aromatic rings. The lowest BCUT2D eigenvalue weighted by atomic mass is 9.98. The average Bonchev–Trinajstić information content (AvgIpc) is 3.27. The first-order valence-corrected chi connectivity index (χ1v) is 11.7. The van der Waals surface area contributed by atoms with Crippen LogP contribution in [0.1, 0.15) is 35.8 Å². The van der Waals surface area contributed by atoms with Gasteiger partial charge in [0.15, 0.2) is 5.16 Å². The SMILES string of the molecule is C=C(C)CSc1nnc2n(Cc3ccccc3)c3c(=O)c4c(sc3n12)CCCC4. The zero-order chi connectivity index (χ0) is 20.0. The van der Waals surface area contributed by atoms with Crippen LogP contribution in [0.4, 0.5) is 0 Å². The molecule has 0 N–H and O–H groups in total. The van der Waals surface area contributed by atoms with Crippen molar-refractivity contribution in [2.45, 2.75) is 44.3 Å². The molecule has 1 aromatic carbocycles. The summed E-state index contributed by atoms with van der Waals surface area (Å²) in [4.78, 5) is 15.7. The van der Waals surface area contributed by atoms with Crippen LogP contribution >= 0.6 is 23.1 Å². The number of nitrogens with zero attached hydrogens (tertiary/aromatic N) is 4. The molecule has 5 nitrogen and oxygen atoms in total. The van der Waals surface area contributed by atoms with Crippen molar-refractivity contribution in [3.8, 4) is 0 Å².